The van der Waals surface area contributed by atoms with Crippen molar-refractivity contribution in [3.05, 3.63) is 64.7 Å². The van der Waals surface area contributed by atoms with Gasteiger partial charge in [0.15, 0.2) is 0 Å². The van der Waals surface area contributed by atoms with Gasteiger partial charge < -0.3 is 10.2 Å². The summed E-state index contributed by atoms with van der Waals surface area (Å²) < 4.78 is 27.0. The number of halogens is 3. The number of amides is 2. The molecule has 1 fully saturated rings. The molecular weight excluding hydrogens is 348 g/mol. The lowest BCUT2D eigenvalue weighted by Crippen LogP contribution is -2.49. The van der Waals surface area contributed by atoms with Crippen LogP contribution in [0.1, 0.15) is 5.56 Å². The van der Waals surface area contributed by atoms with E-state index < -0.39 is 5.82 Å². The first-order valence-electron chi connectivity index (χ1n) is 7.99. The minimum atomic E-state index is -0.564. The van der Waals surface area contributed by atoms with Crippen LogP contribution in [0, 0.1) is 11.6 Å². The Balaban J connectivity index is 1.52. The van der Waals surface area contributed by atoms with Crippen LogP contribution in [0.5, 0.6) is 0 Å². The van der Waals surface area contributed by atoms with Crippen molar-refractivity contribution in [2.75, 3.05) is 31.5 Å². The highest BCUT2D eigenvalue weighted by molar-refractivity contribution is 6.30. The van der Waals surface area contributed by atoms with Gasteiger partial charge in [-0.25, -0.2) is 13.6 Å². The molecule has 0 radical (unpaired) electrons. The molecule has 0 spiro atoms. The highest BCUT2D eigenvalue weighted by Crippen LogP contribution is 2.19. The second kappa shape index (κ2) is 7.80. The van der Waals surface area contributed by atoms with Crippen LogP contribution < -0.4 is 5.32 Å². The molecule has 0 aliphatic carbocycles. The van der Waals surface area contributed by atoms with Crippen LogP contribution >= 0.6 is 11.6 Å². The lowest BCUT2D eigenvalue weighted by atomic mass is 10.2. The number of anilines is 1. The topological polar surface area (TPSA) is 35.6 Å². The zero-order valence-electron chi connectivity index (χ0n) is 13.5. The zero-order chi connectivity index (χ0) is 17.8. The molecule has 1 aliphatic rings. The van der Waals surface area contributed by atoms with E-state index in [-0.39, 0.29) is 22.6 Å². The molecule has 0 saturated carbocycles. The van der Waals surface area contributed by atoms with Crippen LogP contribution in [-0.2, 0) is 6.54 Å². The zero-order valence-corrected chi connectivity index (χ0v) is 14.3. The molecule has 2 aromatic rings. The van der Waals surface area contributed by atoms with Gasteiger partial charge in [0.2, 0.25) is 0 Å². The van der Waals surface area contributed by atoms with Gasteiger partial charge in [-0.3, -0.25) is 4.90 Å². The first kappa shape index (κ1) is 17.6. The van der Waals surface area contributed by atoms with Crippen molar-refractivity contribution in [2.45, 2.75) is 6.54 Å². The van der Waals surface area contributed by atoms with Crippen LogP contribution in [-0.4, -0.2) is 42.0 Å². The largest absolute Gasteiger partial charge is 0.322 e. The van der Waals surface area contributed by atoms with Crippen LogP contribution in [0.3, 0.4) is 0 Å². The number of hydrogen-bond donors (Lipinski definition) is 1. The molecule has 0 atom stereocenters. The summed E-state index contributed by atoms with van der Waals surface area (Å²) in [6.45, 7) is 3.03. The monoisotopic (exact) mass is 365 g/mol. The predicted molar refractivity (Wildman–Crippen MR) is 93.7 cm³/mol. The Morgan fingerprint density at radius 2 is 1.84 bits per heavy atom. The van der Waals surface area contributed by atoms with Gasteiger partial charge in [0, 0.05) is 37.7 Å². The average molecular weight is 366 g/mol. The summed E-state index contributed by atoms with van der Waals surface area (Å²) in [5.74, 6) is -0.814. The molecule has 1 N–H and O–H groups in total. The third kappa shape index (κ3) is 4.67. The standard InChI is InChI=1S/C18H18ClF2N3O/c19-14-4-5-17(16(21)11-14)22-18(25)24-8-6-23(7-9-24)12-13-2-1-3-15(20)10-13/h1-5,10-11H,6-9,12H2,(H,22,25). The van der Waals surface area contributed by atoms with Gasteiger partial charge in [0.05, 0.1) is 5.69 Å². The molecule has 2 aromatic carbocycles. The highest BCUT2D eigenvalue weighted by Gasteiger charge is 2.22. The maximum atomic E-state index is 13.8. The summed E-state index contributed by atoms with van der Waals surface area (Å²) in [6.07, 6.45) is 0. The Kier molecular flexibility index (Phi) is 5.50. The summed E-state index contributed by atoms with van der Waals surface area (Å²) in [4.78, 5) is 16.1. The van der Waals surface area contributed by atoms with Crippen molar-refractivity contribution in [3.63, 3.8) is 0 Å². The highest BCUT2D eigenvalue weighted by atomic mass is 35.5. The predicted octanol–water partition coefficient (Wildman–Crippen LogP) is 3.97. The first-order chi connectivity index (χ1) is 12.0. The number of rotatable bonds is 3. The minimum absolute atomic E-state index is 0.108. The Hall–Kier alpha value is -2.18. The smallest absolute Gasteiger partial charge is 0.322 e. The third-order valence-electron chi connectivity index (χ3n) is 4.13. The van der Waals surface area contributed by atoms with Gasteiger partial charge in [-0.15, -0.1) is 0 Å². The number of hydrogen-bond acceptors (Lipinski definition) is 2. The molecular formula is C18H18ClF2N3O. The molecule has 1 aliphatic heterocycles. The van der Waals surface area contributed by atoms with Crippen molar-refractivity contribution < 1.29 is 13.6 Å². The molecule has 4 nitrogen and oxygen atoms in total. The number of carbonyl (C=O) groups excluding carboxylic acids is 1. The lowest BCUT2D eigenvalue weighted by molar-refractivity contribution is 0.143. The Bertz CT molecular complexity index is 764. The van der Waals surface area contributed by atoms with Gasteiger partial charge >= 0.3 is 6.03 Å². The lowest BCUT2D eigenvalue weighted by Gasteiger charge is -2.34. The normalized spacial score (nSPS) is 15.2. The number of urea groups is 1. The van der Waals surface area contributed by atoms with Crippen LogP contribution in [0.25, 0.3) is 0 Å². The number of carbonyl (C=O) groups is 1. The van der Waals surface area contributed by atoms with E-state index in [1.54, 1.807) is 11.0 Å². The summed E-state index contributed by atoms with van der Waals surface area (Å²) in [6, 6.07) is 10.3. The van der Waals surface area contributed by atoms with Gasteiger partial charge in [0.1, 0.15) is 11.6 Å². The molecule has 1 saturated heterocycles. The summed E-state index contributed by atoms with van der Waals surface area (Å²) in [7, 11) is 0. The van der Waals surface area contributed by atoms with Crippen LogP contribution in [0.4, 0.5) is 19.3 Å². The second-order valence-corrected chi connectivity index (χ2v) is 6.38. The van der Waals surface area contributed by atoms with E-state index in [0.717, 1.165) is 11.6 Å². The van der Waals surface area contributed by atoms with E-state index in [0.29, 0.717) is 32.7 Å². The van der Waals surface area contributed by atoms with E-state index in [4.69, 9.17) is 11.6 Å². The molecule has 3 rings (SSSR count). The molecule has 7 heteroatoms. The molecule has 1 heterocycles. The molecule has 132 valence electrons. The van der Waals surface area contributed by atoms with Crippen molar-refractivity contribution in [1.82, 2.24) is 9.80 Å². The fourth-order valence-corrected chi connectivity index (χ4v) is 2.95. The van der Waals surface area contributed by atoms with E-state index in [1.807, 2.05) is 6.07 Å². The first-order valence-corrected chi connectivity index (χ1v) is 8.37. The fraction of sp³-hybridized carbons (Fsp3) is 0.278. The summed E-state index contributed by atoms with van der Waals surface area (Å²) >= 11 is 5.70. The Labute approximate surface area is 150 Å². The van der Waals surface area contributed by atoms with Gasteiger partial charge in [-0.1, -0.05) is 23.7 Å². The van der Waals surface area contributed by atoms with Gasteiger partial charge in [0.25, 0.3) is 0 Å². The van der Waals surface area contributed by atoms with Gasteiger partial charge in [-0.2, -0.15) is 0 Å². The summed E-state index contributed by atoms with van der Waals surface area (Å²) in [5, 5.41) is 2.84. The molecule has 0 bridgehead atoms. The van der Waals surface area contributed by atoms with E-state index in [1.165, 1.54) is 24.3 Å². The van der Waals surface area contributed by atoms with Crippen molar-refractivity contribution in [1.29, 1.82) is 0 Å². The van der Waals surface area contributed by atoms with Crippen molar-refractivity contribution in [2.24, 2.45) is 0 Å². The number of benzene rings is 2. The van der Waals surface area contributed by atoms with E-state index in [9.17, 15) is 13.6 Å². The van der Waals surface area contributed by atoms with Crippen LogP contribution in [0.15, 0.2) is 42.5 Å². The maximum Gasteiger partial charge on any atom is 0.322 e. The third-order valence-corrected chi connectivity index (χ3v) is 4.36. The van der Waals surface area contributed by atoms with Crippen molar-refractivity contribution >= 4 is 23.3 Å². The quantitative estimate of drug-likeness (QED) is 0.893. The van der Waals surface area contributed by atoms with E-state index >= 15 is 0 Å². The fourth-order valence-electron chi connectivity index (χ4n) is 2.79. The van der Waals surface area contributed by atoms with Crippen molar-refractivity contribution in [3.8, 4) is 0 Å². The number of piperazine rings is 1. The Morgan fingerprint density at radius 1 is 1.08 bits per heavy atom. The number of nitrogens with zero attached hydrogens (tertiary/aromatic N) is 2. The molecule has 25 heavy (non-hydrogen) atoms. The SMILES string of the molecule is O=C(Nc1ccc(Cl)cc1F)N1CCN(Cc2cccc(F)c2)CC1. The van der Waals surface area contributed by atoms with E-state index in [2.05, 4.69) is 10.2 Å². The molecule has 0 unspecified atom stereocenters. The summed E-state index contributed by atoms with van der Waals surface area (Å²) in [5.41, 5.74) is 1.01. The van der Waals surface area contributed by atoms with Crippen LogP contribution in [0.2, 0.25) is 5.02 Å². The van der Waals surface area contributed by atoms with Gasteiger partial charge in [-0.05, 0) is 35.9 Å². The number of nitrogens with one attached hydrogen (secondary N) is 1. The maximum absolute atomic E-state index is 13.8. The Morgan fingerprint density at radius 3 is 2.52 bits per heavy atom. The minimum Gasteiger partial charge on any atom is -0.322 e. The average Bonchev–Trinajstić information content (AvgIpc) is 2.58. The molecule has 0 aromatic heterocycles. The second-order valence-electron chi connectivity index (χ2n) is 5.95. The molecule has 2 amide bonds.